The summed E-state index contributed by atoms with van der Waals surface area (Å²) in [7, 11) is -8.30. The number of carbonyl (C=O) groups is 1. The molecule has 0 aromatic rings. The quantitative estimate of drug-likeness (QED) is 0.590. The van der Waals surface area contributed by atoms with E-state index in [1.165, 1.54) is 0 Å². The lowest BCUT2D eigenvalue weighted by Crippen LogP contribution is -2.43. The molecule has 12 heavy (non-hydrogen) atoms. The van der Waals surface area contributed by atoms with Crippen molar-refractivity contribution in [3.8, 4) is 0 Å². The highest BCUT2D eigenvalue weighted by Crippen LogP contribution is 2.03. The van der Waals surface area contributed by atoms with Gasteiger partial charge in [0.25, 0.3) is 0 Å². The number of nitrogens with two attached hydrogens (primary N) is 1. The molecule has 0 heterocycles. The Morgan fingerprint density at radius 1 is 1.08 bits per heavy atom. The molecule has 0 aromatic heterocycles. The Balaban J connectivity index is 5.42. The molecule has 7 nitrogen and oxygen atoms in total. The topological polar surface area (TPSA) is 115 Å². The van der Waals surface area contributed by atoms with Crippen LogP contribution in [0.25, 0.3) is 0 Å². The number of urea groups is 1. The van der Waals surface area contributed by atoms with Crippen LogP contribution < -0.4 is 5.73 Å². The molecule has 0 spiro atoms. The van der Waals surface area contributed by atoms with Crippen molar-refractivity contribution in [3.05, 3.63) is 0 Å². The van der Waals surface area contributed by atoms with E-state index in [-0.39, 0.29) is 3.71 Å². The van der Waals surface area contributed by atoms with Gasteiger partial charge in [-0.1, -0.05) is 0 Å². The van der Waals surface area contributed by atoms with Gasteiger partial charge >= 0.3 is 6.03 Å². The van der Waals surface area contributed by atoms with E-state index >= 15 is 0 Å². The first kappa shape index (κ1) is 11.2. The molecule has 0 aliphatic carbocycles. The summed E-state index contributed by atoms with van der Waals surface area (Å²) in [4.78, 5) is 10.4. The van der Waals surface area contributed by atoms with E-state index in [1.54, 1.807) is 0 Å². The average Bonchev–Trinajstić information content (AvgIpc) is 1.49. The Morgan fingerprint density at radius 3 is 1.33 bits per heavy atom. The second-order valence-electron chi connectivity index (χ2n) is 2.06. The van der Waals surface area contributed by atoms with Crippen molar-refractivity contribution in [2.75, 3.05) is 12.5 Å². The van der Waals surface area contributed by atoms with Crippen molar-refractivity contribution in [1.29, 1.82) is 0 Å². The number of carbonyl (C=O) groups excluding carboxylic acids is 1. The maximum Gasteiger partial charge on any atom is 0.342 e. The molecular formula is C3H8N2O5S2. The molecule has 0 atom stereocenters. The molecule has 0 radical (unpaired) electrons. The molecule has 0 unspecified atom stereocenters. The fraction of sp³-hybridized carbons (Fsp3) is 0.667. The Labute approximate surface area is 70.3 Å². The highest BCUT2D eigenvalue weighted by Gasteiger charge is 2.30. The second kappa shape index (κ2) is 2.90. The summed E-state index contributed by atoms with van der Waals surface area (Å²) in [6.45, 7) is 0. The van der Waals surface area contributed by atoms with Gasteiger partial charge in [0.05, 0.1) is 12.5 Å². The molecular weight excluding hydrogens is 208 g/mol. The van der Waals surface area contributed by atoms with Crippen LogP contribution in [0, 0.1) is 0 Å². The third kappa shape index (κ3) is 2.66. The van der Waals surface area contributed by atoms with Gasteiger partial charge in [-0.15, -0.1) is 3.71 Å². The summed E-state index contributed by atoms with van der Waals surface area (Å²) in [6.07, 6.45) is 1.14. The number of rotatable bonds is 2. The van der Waals surface area contributed by atoms with Gasteiger partial charge in [0.1, 0.15) is 0 Å². The van der Waals surface area contributed by atoms with Crippen LogP contribution in [0.5, 0.6) is 0 Å². The van der Waals surface area contributed by atoms with Crippen LogP contribution in [0.4, 0.5) is 4.79 Å². The summed E-state index contributed by atoms with van der Waals surface area (Å²) < 4.78 is 42.3. The average molecular weight is 216 g/mol. The van der Waals surface area contributed by atoms with Gasteiger partial charge in [0.2, 0.25) is 20.0 Å². The number of sulfonamides is 2. The van der Waals surface area contributed by atoms with Crippen LogP contribution in [0.2, 0.25) is 0 Å². The first-order valence-electron chi connectivity index (χ1n) is 2.56. The Kier molecular flexibility index (Phi) is 2.70. The molecule has 2 N–H and O–H groups in total. The normalized spacial score (nSPS) is 12.5. The van der Waals surface area contributed by atoms with E-state index in [1.807, 2.05) is 0 Å². The fourth-order valence-electron chi connectivity index (χ4n) is 0.573. The van der Waals surface area contributed by atoms with Crippen molar-refractivity contribution >= 4 is 26.1 Å². The summed E-state index contributed by atoms with van der Waals surface area (Å²) in [5.74, 6) is 0. The van der Waals surface area contributed by atoms with Crippen LogP contribution in [-0.2, 0) is 20.0 Å². The van der Waals surface area contributed by atoms with E-state index < -0.39 is 26.1 Å². The van der Waals surface area contributed by atoms with E-state index in [2.05, 4.69) is 5.73 Å². The zero-order valence-corrected chi connectivity index (χ0v) is 8.02. The van der Waals surface area contributed by atoms with Crippen LogP contribution in [0.3, 0.4) is 0 Å². The first-order valence-corrected chi connectivity index (χ1v) is 6.26. The zero-order chi connectivity index (χ0) is 10.2. The molecule has 0 aromatic carbocycles. The van der Waals surface area contributed by atoms with Gasteiger partial charge in [-0.25, -0.2) is 21.6 Å². The SMILES string of the molecule is CS(=O)(=O)N(C(N)=O)S(C)(=O)=O. The summed E-state index contributed by atoms with van der Waals surface area (Å²) in [5, 5.41) is 0. The molecule has 0 rings (SSSR count). The summed E-state index contributed by atoms with van der Waals surface area (Å²) in [5.41, 5.74) is 4.54. The van der Waals surface area contributed by atoms with Crippen molar-refractivity contribution in [2.45, 2.75) is 0 Å². The lowest BCUT2D eigenvalue weighted by atomic mass is 11.2. The van der Waals surface area contributed by atoms with Crippen LogP contribution in [0.15, 0.2) is 0 Å². The highest BCUT2D eigenvalue weighted by molar-refractivity contribution is 8.04. The van der Waals surface area contributed by atoms with Gasteiger partial charge in [-0.05, 0) is 0 Å². The van der Waals surface area contributed by atoms with E-state index in [9.17, 15) is 21.6 Å². The number of amides is 2. The van der Waals surface area contributed by atoms with Crippen LogP contribution >= 0.6 is 0 Å². The number of hydrogen-bond acceptors (Lipinski definition) is 5. The predicted molar refractivity (Wildman–Crippen MR) is 41.1 cm³/mol. The van der Waals surface area contributed by atoms with Gasteiger partial charge in [-0.3, -0.25) is 0 Å². The number of nitrogens with zero attached hydrogens (tertiary/aromatic N) is 1. The molecule has 0 aliphatic rings. The lowest BCUT2D eigenvalue weighted by molar-refractivity contribution is 0.244. The fourth-order valence-corrected chi connectivity index (χ4v) is 3.19. The van der Waals surface area contributed by atoms with Crippen molar-refractivity contribution < 1.29 is 21.6 Å². The van der Waals surface area contributed by atoms with Gasteiger partial charge in [0.15, 0.2) is 0 Å². The van der Waals surface area contributed by atoms with E-state index in [4.69, 9.17) is 0 Å². The smallest absolute Gasteiger partial charge is 0.342 e. The van der Waals surface area contributed by atoms with E-state index in [0.717, 1.165) is 0 Å². The van der Waals surface area contributed by atoms with Crippen molar-refractivity contribution in [1.82, 2.24) is 3.71 Å². The Morgan fingerprint density at radius 2 is 1.33 bits per heavy atom. The molecule has 72 valence electrons. The molecule has 0 saturated heterocycles. The third-order valence-electron chi connectivity index (χ3n) is 0.782. The lowest BCUT2D eigenvalue weighted by Gasteiger charge is -2.13. The molecule has 0 aliphatic heterocycles. The molecule has 2 amide bonds. The van der Waals surface area contributed by atoms with Crippen LogP contribution in [0.1, 0.15) is 0 Å². The standard InChI is InChI=1S/C3H8N2O5S2/c1-11(7,8)5(3(4)6)12(2,9)10/h1-2H3,(H2,4,6). The number of hydrogen-bond donors (Lipinski definition) is 1. The molecule has 0 fully saturated rings. The second-order valence-corrected chi connectivity index (χ2v) is 5.95. The highest BCUT2D eigenvalue weighted by atomic mass is 32.3. The van der Waals surface area contributed by atoms with Crippen LogP contribution in [-0.4, -0.2) is 39.1 Å². The Hall–Kier alpha value is -0.830. The van der Waals surface area contributed by atoms with Gasteiger partial charge < -0.3 is 5.73 Å². The monoisotopic (exact) mass is 216 g/mol. The van der Waals surface area contributed by atoms with Gasteiger partial charge in [-0.2, -0.15) is 0 Å². The first-order chi connectivity index (χ1) is 5.07. The summed E-state index contributed by atoms with van der Waals surface area (Å²) >= 11 is 0. The minimum atomic E-state index is -4.15. The minimum absolute atomic E-state index is 0.375. The summed E-state index contributed by atoms with van der Waals surface area (Å²) in [6, 6.07) is -1.54. The maximum absolute atomic E-state index is 10.7. The zero-order valence-electron chi connectivity index (χ0n) is 6.38. The van der Waals surface area contributed by atoms with Gasteiger partial charge in [0, 0.05) is 0 Å². The van der Waals surface area contributed by atoms with E-state index in [0.29, 0.717) is 12.5 Å². The van der Waals surface area contributed by atoms with Crippen molar-refractivity contribution in [2.24, 2.45) is 5.73 Å². The molecule has 9 heteroatoms. The Bertz CT molecular complexity index is 347. The van der Waals surface area contributed by atoms with Crippen molar-refractivity contribution in [3.63, 3.8) is 0 Å². The maximum atomic E-state index is 10.7. The predicted octanol–water partition coefficient (Wildman–Crippen LogP) is -1.71. The number of primary amides is 1. The molecule has 0 bridgehead atoms. The third-order valence-corrected chi connectivity index (χ3v) is 3.97. The molecule has 0 saturated carbocycles. The minimum Gasteiger partial charge on any atom is -0.350 e. The largest absolute Gasteiger partial charge is 0.350 e.